The minimum Gasteiger partial charge on any atom is -0.466 e. The summed E-state index contributed by atoms with van der Waals surface area (Å²) in [5, 5.41) is 8.95. The molecule has 0 atom stereocenters. The van der Waals surface area contributed by atoms with Gasteiger partial charge < -0.3 is 9.64 Å². The quantitative estimate of drug-likeness (QED) is 0.639. The monoisotopic (exact) mass is 364 g/mol. The van der Waals surface area contributed by atoms with E-state index >= 15 is 0 Å². The maximum atomic E-state index is 13.4. The number of rotatable bonds is 9. The van der Waals surface area contributed by atoms with Gasteiger partial charge in [-0.15, -0.1) is 0 Å². The predicted molar refractivity (Wildman–Crippen MR) is 103 cm³/mol. The standard InChI is InChI=1S/C22H24N2O3/c1-2-27-20(25)14-17-24(16-9-15-23)22(26)21(18-10-5-3-6-11-18)19-12-7-4-8-13-19/h3-8,10-13,21H,2,9,14,16-17H2,1H3. The van der Waals surface area contributed by atoms with Crippen LogP contribution in [0.2, 0.25) is 0 Å². The molecule has 0 bridgehead atoms. The number of nitriles is 1. The highest BCUT2D eigenvalue weighted by molar-refractivity contribution is 5.87. The highest BCUT2D eigenvalue weighted by atomic mass is 16.5. The number of hydrogen-bond donors (Lipinski definition) is 0. The first-order valence-corrected chi connectivity index (χ1v) is 9.08. The fourth-order valence-electron chi connectivity index (χ4n) is 2.93. The molecule has 2 aromatic rings. The van der Waals surface area contributed by atoms with Crippen LogP contribution < -0.4 is 0 Å². The Morgan fingerprint density at radius 3 is 2.04 bits per heavy atom. The van der Waals surface area contributed by atoms with Gasteiger partial charge in [0.05, 0.1) is 31.4 Å². The van der Waals surface area contributed by atoms with Crippen LogP contribution in [-0.2, 0) is 14.3 Å². The third-order valence-corrected chi connectivity index (χ3v) is 4.21. The van der Waals surface area contributed by atoms with Crippen molar-refractivity contribution in [2.24, 2.45) is 0 Å². The van der Waals surface area contributed by atoms with E-state index in [0.717, 1.165) is 11.1 Å². The summed E-state index contributed by atoms with van der Waals surface area (Å²) in [6, 6.07) is 21.2. The third-order valence-electron chi connectivity index (χ3n) is 4.21. The molecule has 0 saturated heterocycles. The van der Waals surface area contributed by atoms with E-state index in [1.807, 2.05) is 60.7 Å². The third kappa shape index (κ3) is 5.96. The molecule has 27 heavy (non-hydrogen) atoms. The number of carbonyl (C=O) groups excluding carboxylic acids is 2. The van der Waals surface area contributed by atoms with Gasteiger partial charge in [-0.3, -0.25) is 9.59 Å². The highest BCUT2D eigenvalue weighted by Gasteiger charge is 2.27. The van der Waals surface area contributed by atoms with E-state index in [4.69, 9.17) is 10.00 Å². The molecule has 1 amide bonds. The topological polar surface area (TPSA) is 70.4 Å². The van der Waals surface area contributed by atoms with Gasteiger partial charge in [0, 0.05) is 13.1 Å². The van der Waals surface area contributed by atoms with Crippen LogP contribution in [0.5, 0.6) is 0 Å². The molecule has 0 unspecified atom stereocenters. The number of esters is 1. The van der Waals surface area contributed by atoms with Crippen LogP contribution in [0.1, 0.15) is 36.8 Å². The fraction of sp³-hybridized carbons (Fsp3) is 0.318. The number of ether oxygens (including phenoxy) is 1. The molecular weight excluding hydrogens is 340 g/mol. The van der Waals surface area contributed by atoms with Gasteiger partial charge in [0.25, 0.3) is 0 Å². The van der Waals surface area contributed by atoms with Gasteiger partial charge in [-0.05, 0) is 18.1 Å². The molecular formula is C22H24N2O3. The molecule has 2 aromatic carbocycles. The summed E-state index contributed by atoms with van der Waals surface area (Å²) in [6.45, 7) is 2.57. The van der Waals surface area contributed by atoms with Crippen molar-refractivity contribution in [3.63, 3.8) is 0 Å². The molecule has 0 aromatic heterocycles. The second-order valence-corrected chi connectivity index (χ2v) is 6.04. The lowest BCUT2D eigenvalue weighted by Gasteiger charge is -2.27. The van der Waals surface area contributed by atoms with Crippen molar-refractivity contribution < 1.29 is 14.3 Å². The van der Waals surface area contributed by atoms with Crippen LogP contribution in [0, 0.1) is 11.3 Å². The molecule has 0 radical (unpaired) electrons. The largest absolute Gasteiger partial charge is 0.466 e. The molecule has 0 saturated carbocycles. The molecule has 5 nitrogen and oxygen atoms in total. The van der Waals surface area contributed by atoms with E-state index in [2.05, 4.69) is 6.07 Å². The number of hydrogen-bond acceptors (Lipinski definition) is 4. The zero-order chi connectivity index (χ0) is 19.5. The number of nitrogens with zero attached hydrogens (tertiary/aromatic N) is 2. The van der Waals surface area contributed by atoms with E-state index in [9.17, 15) is 9.59 Å². The van der Waals surface area contributed by atoms with Gasteiger partial charge >= 0.3 is 5.97 Å². The smallest absolute Gasteiger partial charge is 0.307 e. The Kier molecular flexibility index (Phi) is 8.05. The van der Waals surface area contributed by atoms with Gasteiger partial charge in [0.2, 0.25) is 5.91 Å². The SMILES string of the molecule is CCOC(=O)CCN(CCC#N)C(=O)C(c1ccccc1)c1ccccc1. The zero-order valence-corrected chi connectivity index (χ0v) is 15.5. The minimum absolute atomic E-state index is 0.112. The first-order chi connectivity index (χ1) is 13.2. The van der Waals surface area contributed by atoms with Crippen molar-refractivity contribution in [2.45, 2.75) is 25.7 Å². The molecule has 0 aliphatic heterocycles. The molecule has 0 aliphatic carbocycles. The lowest BCUT2D eigenvalue weighted by molar-refractivity contribution is -0.144. The summed E-state index contributed by atoms with van der Waals surface area (Å²) in [5.41, 5.74) is 1.76. The fourth-order valence-corrected chi connectivity index (χ4v) is 2.93. The van der Waals surface area contributed by atoms with Crippen molar-refractivity contribution in [2.75, 3.05) is 19.7 Å². The van der Waals surface area contributed by atoms with Gasteiger partial charge in [-0.25, -0.2) is 0 Å². The van der Waals surface area contributed by atoms with Crippen LogP contribution in [0.4, 0.5) is 0 Å². The van der Waals surface area contributed by atoms with E-state index in [0.29, 0.717) is 6.61 Å². The van der Waals surface area contributed by atoms with E-state index in [1.165, 1.54) is 0 Å². The Balaban J connectivity index is 2.28. The van der Waals surface area contributed by atoms with Gasteiger partial charge in [0.1, 0.15) is 0 Å². The summed E-state index contributed by atoms with van der Waals surface area (Å²) >= 11 is 0. The second kappa shape index (κ2) is 10.8. The molecule has 0 spiro atoms. The molecule has 2 rings (SSSR count). The summed E-state index contributed by atoms with van der Waals surface area (Å²) in [5.74, 6) is -0.941. The number of amides is 1. The van der Waals surface area contributed by atoms with Gasteiger partial charge in [0.15, 0.2) is 0 Å². The van der Waals surface area contributed by atoms with Gasteiger partial charge in [-0.1, -0.05) is 60.7 Å². The lowest BCUT2D eigenvalue weighted by Crippen LogP contribution is -2.38. The van der Waals surface area contributed by atoms with Crippen molar-refractivity contribution in [1.82, 2.24) is 4.90 Å². The van der Waals surface area contributed by atoms with Crippen LogP contribution >= 0.6 is 0 Å². The molecule has 0 fully saturated rings. The van der Waals surface area contributed by atoms with E-state index in [1.54, 1.807) is 11.8 Å². The average molecular weight is 364 g/mol. The molecule has 0 aliphatic rings. The van der Waals surface area contributed by atoms with E-state index in [-0.39, 0.29) is 37.8 Å². The van der Waals surface area contributed by atoms with Gasteiger partial charge in [-0.2, -0.15) is 5.26 Å². The molecule has 0 N–H and O–H groups in total. The minimum atomic E-state index is -0.478. The second-order valence-electron chi connectivity index (χ2n) is 6.04. The number of benzene rings is 2. The normalized spacial score (nSPS) is 10.3. The van der Waals surface area contributed by atoms with Crippen LogP contribution in [-0.4, -0.2) is 36.5 Å². The number of carbonyl (C=O) groups is 2. The highest BCUT2D eigenvalue weighted by Crippen LogP contribution is 2.27. The van der Waals surface area contributed by atoms with Crippen molar-refractivity contribution in [3.8, 4) is 6.07 Å². The summed E-state index contributed by atoms with van der Waals surface area (Å²) in [7, 11) is 0. The molecule has 5 heteroatoms. The maximum absolute atomic E-state index is 13.4. The zero-order valence-electron chi connectivity index (χ0n) is 15.5. The summed E-state index contributed by atoms with van der Waals surface area (Å²) in [6.07, 6.45) is 0.326. The van der Waals surface area contributed by atoms with Crippen LogP contribution in [0.15, 0.2) is 60.7 Å². The summed E-state index contributed by atoms with van der Waals surface area (Å²) < 4.78 is 4.96. The lowest BCUT2D eigenvalue weighted by atomic mass is 9.90. The molecule has 140 valence electrons. The first kappa shape index (κ1) is 20.2. The first-order valence-electron chi connectivity index (χ1n) is 9.08. The van der Waals surface area contributed by atoms with Crippen molar-refractivity contribution >= 4 is 11.9 Å². The van der Waals surface area contributed by atoms with Crippen LogP contribution in [0.3, 0.4) is 0 Å². The predicted octanol–water partition coefficient (Wildman–Crippen LogP) is 3.51. The Morgan fingerprint density at radius 2 is 1.56 bits per heavy atom. The Bertz CT molecular complexity index is 730. The van der Waals surface area contributed by atoms with E-state index < -0.39 is 5.92 Å². The Morgan fingerprint density at radius 1 is 1.00 bits per heavy atom. The molecule has 0 heterocycles. The van der Waals surface area contributed by atoms with Crippen LogP contribution in [0.25, 0.3) is 0 Å². The average Bonchev–Trinajstić information content (AvgIpc) is 2.70. The van der Waals surface area contributed by atoms with Crippen molar-refractivity contribution in [3.05, 3.63) is 71.8 Å². The Labute approximate surface area is 160 Å². The van der Waals surface area contributed by atoms with Crippen molar-refractivity contribution in [1.29, 1.82) is 5.26 Å². The summed E-state index contributed by atoms with van der Waals surface area (Å²) in [4.78, 5) is 26.7. The maximum Gasteiger partial charge on any atom is 0.307 e. The Hall–Kier alpha value is -3.13.